The normalized spacial score (nSPS) is 11.3. The lowest BCUT2D eigenvalue weighted by Gasteiger charge is -2.11. The number of rotatable bonds is 5. The third-order valence-electron chi connectivity index (χ3n) is 2.74. The molecule has 1 heterocycles. The Balaban J connectivity index is 1.91. The summed E-state index contributed by atoms with van der Waals surface area (Å²) in [6.07, 6.45) is 0. The maximum atomic E-state index is 9.25. The van der Waals surface area contributed by atoms with Gasteiger partial charge in [0, 0.05) is 13.1 Å². The fraction of sp³-hybridized carbons (Fsp3) is 0.267. The molecule has 2 aromatic rings. The molecular formula is C15H19N3OS. The van der Waals surface area contributed by atoms with Crippen LogP contribution in [0.2, 0.25) is 0 Å². The first-order valence-electron chi connectivity index (χ1n) is 6.59. The molecule has 0 unspecified atom stereocenters. The molecule has 20 heavy (non-hydrogen) atoms. The first kappa shape index (κ1) is 14.4. The molecule has 0 saturated carbocycles. The minimum atomic E-state index is 0.284. The second-order valence-corrected chi connectivity index (χ2v) is 5.13. The van der Waals surface area contributed by atoms with Crippen LogP contribution in [0, 0.1) is 0 Å². The molecule has 0 aliphatic heterocycles. The first-order valence-corrected chi connectivity index (χ1v) is 7.53. The maximum Gasteiger partial charge on any atom is 0.191 e. The lowest BCUT2D eigenvalue weighted by Crippen LogP contribution is -2.36. The second kappa shape index (κ2) is 7.55. The van der Waals surface area contributed by atoms with Gasteiger partial charge in [0.2, 0.25) is 0 Å². The van der Waals surface area contributed by atoms with E-state index in [0.717, 1.165) is 18.1 Å². The Morgan fingerprint density at radius 1 is 1.15 bits per heavy atom. The van der Waals surface area contributed by atoms with E-state index in [1.807, 2.05) is 19.1 Å². The monoisotopic (exact) mass is 289 g/mol. The molecule has 0 aliphatic rings. The number of aliphatic imine (C=N–C) groups is 1. The Morgan fingerprint density at radius 2 is 1.95 bits per heavy atom. The van der Waals surface area contributed by atoms with Gasteiger partial charge in [-0.3, -0.25) is 0 Å². The third-order valence-corrected chi connectivity index (χ3v) is 3.47. The molecule has 4 nitrogen and oxygen atoms in total. The van der Waals surface area contributed by atoms with E-state index in [4.69, 9.17) is 0 Å². The zero-order valence-corrected chi connectivity index (χ0v) is 12.3. The standard InChI is InChI=1S/C15H19N3OS/c1-2-16-15(18-10-13-7-8-20-11-13)17-9-12-3-5-14(19)6-4-12/h3-8,11,19H,2,9-10H2,1H3,(H2,16,17,18). The number of benzene rings is 1. The molecule has 3 N–H and O–H groups in total. The van der Waals surface area contributed by atoms with Gasteiger partial charge in [-0.2, -0.15) is 11.3 Å². The summed E-state index contributed by atoms with van der Waals surface area (Å²) in [6.45, 7) is 4.22. The SMILES string of the molecule is CCNC(=NCc1ccsc1)NCc1ccc(O)cc1. The number of phenolic OH excluding ortho intramolecular Hbond substituents is 1. The number of aromatic hydroxyl groups is 1. The van der Waals surface area contributed by atoms with Crippen molar-refractivity contribution >= 4 is 17.3 Å². The largest absolute Gasteiger partial charge is 0.508 e. The van der Waals surface area contributed by atoms with Crippen LogP contribution in [0.25, 0.3) is 0 Å². The molecule has 0 radical (unpaired) electrons. The van der Waals surface area contributed by atoms with Crippen molar-refractivity contribution in [3.8, 4) is 5.75 Å². The molecule has 5 heteroatoms. The van der Waals surface area contributed by atoms with E-state index in [2.05, 4.69) is 32.5 Å². The van der Waals surface area contributed by atoms with Crippen molar-refractivity contribution in [1.29, 1.82) is 0 Å². The fourth-order valence-electron chi connectivity index (χ4n) is 1.69. The van der Waals surface area contributed by atoms with Gasteiger partial charge in [0.15, 0.2) is 5.96 Å². The van der Waals surface area contributed by atoms with E-state index >= 15 is 0 Å². The van der Waals surface area contributed by atoms with Gasteiger partial charge in [-0.25, -0.2) is 4.99 Å². The van der Waals surface area contributed by atoms with Crippen LogP contribution in [-0.4, -0.2) is 17.6 Å². The minimum Gasteiger partial charge on any atom is -0.508 e. The molecule has 0 atom stereocenters. The molecule has 1 aromatic carbocycles. The van der Waals surface area contributed by atoms with E-state index in [0.29, 0.717) is 13.1 Å². The van der Waals surface area contributed by atoms with Gasteiger partial charge in [-0.1, -0.05) is 12.1 Å². The fourth-order valence-corrected chi connectivity index (χ4v) is 2.35. The molecule has 0 fully saturated rings. The molecule has 0 spiro atoms. The number of nitrogens with one attached hydrogen (secondary N) is 2. The van der Waals surface area contributed by atoms with E-state index < -0.39 is 0 Å². The van der Waals surface area contributed by atoms with Crippen molar-refractivity contribution in [2.24, 2.45) is 4.99 Å². The Kier molecular flexibility index (Phi) is 5.43. The van der Waals surface area contributed by atoms with Crippen LogP contribution in [0.1, 0.15) is 18.1 Å². The van der Waals surface area contributed by atoms with Gasteiger partial charge < -0.3 is 15.7 Å². The molecule has 0 bridgehead atoms. The zero-order valence-electron chi connectivity index (χ0n) is 11.5. The average Bonchev–Trinajstić information content (AvgIpc) is 2.97. The van der Waals surface area contributed by atoms with Crippen molar-refractivity contribution in [2.75, 3.05) is 6.54 Å². The summed E-state index contributed by atoms with van der Waals surface area (Å²) in [5.74, 6) is 1.08. The Morgan fingerprint density at radius 3 is 2.60 bits per heavy atom. The van der Waals surface area contributed by atoms with E-state index in [9.17, 15) is 5.11 Å². The highest BCUT2D eigenvalue weighted by Gasteiger charge is 1.99. The molecule has 106 valence electrons. The zero-order chi connectivity index (χ0) is 14.2. The van der Waals surface area contributed by atoms with Crippen molar-refractivity contribution in [3.05, 3.63) is 52.2 Å². The topological polar surface area (TPSA) is 56.7 Å². The van der Waals surface area contributed by atoms with Crippen LogP contribution in [0.4, 0.5) is 0 Å². The van der Waals surface area contributed by atoms with Gasteiger partial charge >= 0.3 is 0 Å². The molecule has 0 aliphatic carbocycles. The van der Waals surface area contributed by atoms with Crippen LogP contribution in [0.5, 0.6) is 5.75 Å². The Hall–Kier alpha value is -2.01. The third kappa shape index (κ3) is 4.59. The number of hydrogen-bond donors (Lipinski definition) is 3. The predicted octanol–water partition coefficient (Wildman–Crippen LogP) is 2.71. The van der Waals surface area contributed by atoms with Crippen molar-refractivity contribution in [3.63, 3.8) is 0 Å². The highest BCUT2D eigenvalue weighted by atomic mass is 32.1. The second-order valence-electron chi connectivity index (χ2n) is 4.35. The molecular weight excluding hydrogens is 270 g/mol. The Labute approximate surface area is 123 Å². The van der Waals surface area contributed by atoms with E-state index in [1.165, 1.54) is 5.56 Å². The summed E-state index contributed by atoms with van der Waals surface area (Å²) >= 11 is 1.68. The average molecular weight is 289 g/mol. The molecule has 0 amide bonds. The first-order chi connectivity index (χ1) is 9.78. The lowest BCUT2D eigenvalue weighted by atomic mass is 10.2. The highest BCUT2D eigenvalue weighted by molar-refractivity contribution is 7.07. The van der Waals surface area contributed by atoms with Gasteiger partial charge in [-0.15, -0.1) is 0 Å². The number of nitrogens with zero attached hydrogens (tertiary/aromatic N) is 1. The van der Waals surface area contributed by atoms with E-state index in [-0.39, 0.29) is 5.75 Å². The smallest absolute Gasteiger partial charge is 0.191 e. The number of hydrogen-bond acceptors (Lipinski definition) is 3. The van der Waals surface area contributed by atoms with Crippen LogP contribution in [0.15, 0.2) is 46.1 Å². The van der Waals surface area contributed by atoms with Crippen molar-refractivity contribution in [1.82, 2.24) is 10.6 Å². The molecule has 1 aromatic heterocycles. The summed E-state index contributed by atoms with van der Waals surface area (Å²) in [5, 5.41) is 19.9. The summed E-state index contributed by atoms with van der Waals surface area (Å²) in [5.41, 5.74) is 2.32. The highest BCUT2D eigenvalue weighted by Crippen LogP contribution is 2.09. The molecule has 2 rings (SSSR count). The van der Waals surface area contributed by atoms with E-state index in [1.54, 1.807) is 23.5 Å². The van der Waals surface area contributed by atoms with Gasteiger partial charge in [-0.05, 0) is 47.0 Å². The van der Waals surface area contributed by atoms with Crippen LogP contribution in [-0.2, 0) is 13.1 Å². The summed E-state index contributed by atoms with van der Waals surface area (Å²) < 4.78 is 0. The van der Waals surface area contributed by atoms with Crippen molar-refractivity contribution in [2.45, 2.75) is 20.0 Å². The lowest BCUT2D eigenvalue weighted by molar-refractivity contribution is 0.475. The summed E-state index contributed by atoms with van der Waals surface area (Å²) in [7, 11) is 0. The van der Waals surface area contributed by atoms with Crippen molar-refractivity contribution < 1.29 is 5.11 Å². The van der Waals surface area contributed by atoms with Crippen LogP contribution < -0.4 is 10.6 Å². The number of phenols is 1. The Bertz CT molecular complexity index is 535. The van der Waals surface area contributed by atoms with Crippen LogP contribution in [0.3, 0.4) is 0 Å². The molecule has 0 saturated heterocycles. The number of guanidine groups is 1. The van der Waals surface area contributed by atoms with Gasteiger partial charge in [0.1, 0.15) is 5.75 Å². The number of thiophene rings is 1. The summed E-state index contributed by atoms with van der Waals surface area (Å²) in [6, 6.07) is 9.24. The van der Waals surface area contributed by atoms with Gasteiger partial charge in [0.05, 0.1) is 6.54 Å². The van der Waals surface area contributed by atoms with Crippen LogP contribution >= 0.6 is 11.3 Å². The predicted molar refractivity (Wildman–Crippen MR) is 84.1 cm³/mol. The quantitative estimate of drug-likeness (QED) is 0.586. The minimum absolute atomic E-state index is 0.284. The van der Waals surface area contributed by atoms with Gasteiger partial charge in [0.25, 0.3) is 0 Å². The summed E-state index contributed by atoms with van der Waals surface area (Å²) in [4.78, 5) is 4.54. The maximum absolute atomic E-state index is 9.25.